The van der Waals surface area contributed by atoms with Gasteiger partial charge in [0.15, 0.2) is 9.84 Å². The van der Waals surface area contributed by atoms with E-state index < -0.39 is 9.84 Å². The molecule has 2 aromatic rings. The quantitative estimate of drug-likeness (QED) is 0.763. The Balaban J connectivity index is 1.69. The number of imidazole rings is 1. The van der Waals surface area contributed by atoms with E-state index in [4.69, 9.17) is 0 Å². The molecule has 3 N–H and O–H groups in total. The number of aromatic amines is 1. The normalized spacial score (nSPS) is 22.0. The van der Waals surface area contributed by atoms with Crippen LogP contribution in [0.25, 0.3) is 11.0 Å². The van der Waals surface area contributed by atoms with Gasteiger partial charge in [-0.2, -0.15) is 0 Å². The lowest BCUT2D eigenvalue weighted by Gasteiger charge is -2.08. The maximum atomic E-state index is 11.3. The second-order valence-electron chi connectivity index (χ2n) is 4.87. The molecule has 6 nitrogen and oxygen atoms in total. The molecule has 0 amide bonds. The number of nitrogens with zero attached hydrogens (tertiary/aromatic N) is 1. The Morgan fingerprint density at radius 3 is 3.05 bits per heavy atom. The van der Waals surface area contributed by atoms with Crippen LogP contribution in [0.4, 0.5) is 0 Å². The van der Waals surface area contributed by atoms with Crippen LogP contribution >= 0.6 is 0 Å². The number of benzene rings is 1. The van der Waals surface area contributed by atoms with Crippen molar-refractivity contribution in [1.82, 2.24) is 15.3 Å². The van der Waals surface area contributed by atoms with Crippen LogP contribution < -0.4 is 5.32 Å². The highest BCUT2D eigenvalue weighted by atomic mass is 32.2. The molecule has 2 heterocycles. The summed E-state index contributed by atoms with van der Waals surface area (Å²) in [5.74, 6) is 1.40. The van der Waals surface area contributed by atoms with Crippen molar-refractivity contribution in [3.63, 3.8) is 0 Å². The molecule has 1 aliphatic heterocycles. The van der Waals surface area contributed by atoms with Crippen LogP contribution in [0.3, 0.4) is 0 Å². The lowest BCUT2D eigenvalue weighted by Crippen LogP contribution is -2.29. The van der Waals surface area contributed by atoms with Crippen LogP contribution in [0.5, 0.6) is 5.75 Å². The number of aromatic hydroxyl groups is 1. The van der Waals surface area contributed by atoms with Crippen molar-refractivity contribution in [3.05, 3.63) is 24.0 Å². The summed E-state index contributed by atoms with van der Waals surface area (Å²) in [5.41, 5.74) is 1.56. The van der Waals surface area contributed by atoms with Gasteiger partial charge in [-0.15, -0.1) is 0 Å². The van der Waals surface area contributed by atoms with Gasteiger partial charge in [0.2, 0.25) is 0 Å². The molecule has 1 aromatic carbocycles. The van der Waals surface area contributed by atoms with E-state index in [0.29, 0.717) is 13.0 Å². The summed E-state index contributed by atoms with van der Waals surface area (Å²) >= 11 is 0. The predicted molar refractivity (Wildman–Crippen MR) is 71.7 cm³/mol. The molecular weight excluding hydrogens is 266 g/mol. The lowest BCUT2D eigenvalue weighted by atomic mass is 10.2. The van der Waals surface area contributed by atoms with E-state index >= 15 is 0 Å². The first-order valence-corrected chi connectivity index (χ1v) is 7.95. The number of hydrogen-bond donors (Lipinski definition) is 3. The number of phenolic OH excluding ortho intramolecular Hbond substituents is 1. The number of rotatable bonds is 3. The highest BCUT2D eigenvalue weighted by Crippen LogP contribution is 2.18. The first kappa shape index (κ1) is 12.4. The molecule has 0 saturated carbocycles. The second-order valence-corrected chi connectivity index (χ2v) is 7.09. The molecule has 3 rings (SSSR count). The number of fused-ring (bicyclic) bond motifs is 1. The summed E-state index contributed by atoms with van der Waals surface area (Å²) in [6.45, 7) is 0.496. The van der Waals surface area contributed by atoms with Crippen LogP contribution in [-0.4, -0.2) is 41.0 Å². The van der Waals surface area contributed by atoms with Crippen LogP contribution in [0.15, 0.2) is 18.2 Å². The molecule has 0 bridgehead atoms. The Bertz CT molecular complexity index is 708. The predicted octanol–water partition coefficient (Wildman–Crippen LogP) is 0.545. The Morgan fingerprint density at radius 1 is 1.47 bits per heavy atom. The standard InChI is InChI=1S/C12H15N3O3S/c16-9-1-2-10-11(5-9)15-12(14-10)6-13-8-3-4-19(17,18)7-8/h1-2,5,8,13,16H,3-4,6-7H2,(H,14,15). The summed E-state index contributed by atoms with van der Waals surface area (Å²) in [6.07, 6.45) is 0.656. The van der Waals surface area contributed by atoms with Crippen LogP contribution in [-0.2, 0) is 16.4 Å². The highest BCUT2D eigenvalue weighted by molar-refractivity contribution is 7.91. The van der Waals surface area contributed by atoms with Crippen LogP contribution in [0.1, 0.15) is 12.2 Å². The maximum Gasteiger partial charge on any atom is 0.151 e. The summed E-state index contributed by atoms with van der Waals surface area (Å²) in [4.78, 5) is 7.47. The van der Waals surface area contributed by atoms with Crippen molar-refractivity contribution in [1.29, 1.82) is 0 Å². The van der Waals surface area contributed by atoms with E-state index in [1.54, 1.807) is 18.2 Å². The Labute approximate surface area is 110 Å². The fourth-order valence-electron chi connectivity index (χ4n) is 2.33. The van der Waals surface area contributed by atoms with Crippen molar-refractivity contribution in [2.75, 3.05) is 11.5 Å². The molecule has 0 radical (unpaired) electrons. The summed E-state index contributed by atoms with van der Waals surface area (Å²) in [5, 5.41) is 12.6. The zero-order valence-corrected chi connectivity index (χ0v) is 11.1. The average Bonchev–Trinajstić information content (AvgIpc) is 2.89. The van der Waals surface area contributed by atoms with E-state index in [-0.39, 0.29) is 23.3 Å². The molecule has 7 heteroatoms. The number of hydrogen-bond acceptors (Lipinski definition) is 5. The molecule has 1 aromatic heterocycles. The molecule has 0 spiro atoms. The van der Waals surface area contributed by atoms with E-state index in [9.17, 15) is 13.5 Å². The maximum absolute atomic E-state index is 11.3. The van der Waals surface area contributed by atoms with Crippen molar-refractivity contribution >= 4 is 20.9 Å². The Morgan fingerprint density at radius 2 is 2.32 bits per heavy atom. The zero-order valence-electron chi connectivity index (χ0n) is 10.3. The highest BCUT2D eigenvalue weighted by Gasteiger charge is 2.27. The van der Waals surface area contributed by atoms with Gasteiger partial charge in [-0.05, 0) is 18.6 Å². The van der Waals surface area contributed by atoms with Crippen molar-refractivity contribution in [2.45, 2.75) is 19.0 Å². The SMILES string of the molecule is O=S1(=O)CCC(NCc2nc3ccc(O)cc3[nH]2)C1. The van der Waals surface area contributed by atoms with Crippen LogP contribution in [0.2, 0.25) is 0 Å². The van der Waals surface area contributed by atoms with Crippen molar-refractivity contribution < 1.29 is 13.5 Å². The number of H-pyrrole nitrogens is 1. The lowest BCUT2D eigenvalue weighted by molar-refractivity contribution is 0.476. The Hall–Kier alpha value is -1.60. The topological polar surface area (TPSA) is 95.1 Å². The molecule has 0 aliphatic carbocycles. The molecule has 1 fully saturated rings. The average molecular weight is 281 g/mol. The van der Waals surface area contributed by atoms with E-state index in [1.807, 2.05) is 0 Å². The third kappa shape index (κ3) is 2.71. The molecule has 1 unspecified atom stereocenters. The molecular formula is C12H15N3O3S. The fourth-order valence-corrected chi connectivity index (χ4v) is 4.04. The van der Waals surface area contributed by atoms with Gasteiger partial charge in [-0.25, -0.2) is 13.4 Å². The first-order valence-electron chi connectivity index (χ1n) is 6.13. The number of nitrogens with one attached hydrogen (secondary N) is 2. The zero-order chi connectivity index (χ0) is 13.5. The third-order valence-electron chi connectivity index (χ3n) is 3.31. The monoisotopic (exact) mass is 281 g/mol. The van der Waals surface area contributed by atoms with Gasteiger partial charge in [0.05, 0.1) is 29.1 Å². The second kappa shape index (κ2) is 4.50. The largest absolute Gasteiger partial charge is 0.508 e. The van der Waals surface area contributed by atoms with Gasteiger partial charge in [0.25, 0.3) is 0 Å². The van der Waals surface area contributed by atoms with Crippen LogP contribution in [0, 0.1) is 0 Å². The van der Waals surface area contributed by atoms with E-state index in [1.165, 1.54) is 0 Å². The van der Waals surface area contributed by atoms with Gasteiger partial charge in [0, 0.05) is 12.1 Å². The summed E-state index contributed by atoms with van der Waals surface area (Å²) in [7, 11) is -2.86. The minimum Gasteiger partial charge on any atom is -0.508 e. The molecule has 1 atom stereocenters. The molecule has 19 heavy (non-hydrogen) atoms. The minimum atomic E-state index is -2.86. The van der Waals surface area contributed by atoms with Gasteiger partial charge >= 0.3 is 0 Å². The Kier molecular flexibility index (Phi) is 2.94. The smallest absolute Gasteiger partial charge is 0.151 e. The van der Waals surface area contributed by atoms with Crippen molar-refractivity contribution in [3.8, 4) is 5.75 Å². The van der Waals surface area contributed by atoms with Gasteiger partial charge in [-0.1, -0.05) is 0 Å². The summed E-state index contributed by atoms with van der Waals surface area (Å²) in [6, 6.07) is 4.95. The fraction of sp³-hybridized carbons (Fsp3) is 0.417. The molecule has 1 saturated heterocycles. The van der Waals surface area contributed by atoms with E-state index in [2.05, 4.69) is 15.3 Å². The number of aromatic nitrogens is 2. The molecule has 102 valence electrons. The number of sulfone groups is 1. The molecule has 1 aliphatic rings. The third-order valence-corrected chi connectivity index (χ3v) is 5.07. The van der Waals surface area contributed by atoms with Crippen molar-refractivity contribution in [2.24, 2.45) is 0 Å². The van der Waals surface area contributed by atoms with Gasteiger partial charge in [-0.3, -0.25) is 0 Å². The first-order chi connectivity index (χ1) is 9.02. The summed E-state index contributed by atoms with van der Waals surface area (Å²) < 4.78 is 22.7. The minimum absolute atomic E-state index is 0.00613. The number of phenols is 1. The van der Waals surface area contributed by atoms with Gasteiger partial charge in [0.1, 0.15) is 11.6 Å². The van der Waals surface area contributed by atoms with Gasteiger partial charge < -0.3 is 15.4 Å². The van der Waals surface area contributed by atoms with E-state index in [0.717, 1.165) is 16.9 Å².